The first-order valence-electron chi connectivity index (χ1n) is 21.7. The number of fused-ring (bicyclic) bond motifs is 6. The zero-order chi connectivity index (χ0) is 41.7. The molecular formula is C61H41NO. The lowest BCUT2D eigenvalue weighted by Gasteiger charge is -2.35. The second kappa shape index (κ2) is 15.1. The number of rotatable bonds is 8. The maximum atomic E-state index is 6.69. The van der Waals surface area contributed by atoms with Crippen LogP contribution in [0.15, 0.2) is 253 Å². The van der Waals surface area contributed by atoms with Crippen molar-refractivity contribution in [2.24, 2.45) is 0 Å². The SMILES string of the molecule is c1ccc(-c2ccc(-c3ccc(N(c4ccc5c(c4)C(c4ccccc4)(c4ccccc4)c4ccccc4-5)c4ccccc4-c4cccc5c4oc4ccccc45)cc3)cc2)cc1. The summed E-state index contributed by atoms with van der Waals surface area (Å²) in [6, 6.07) is 90.2. The topological polar surface area (TPSA) is 16.4 Å². The molecule has 0 radical (unpaired) electrons. The van der Waals surface area contributed by atoms with Crippen LogP contribution in [0.25, 0.3) is 66.4 Å². The molecule has 2 heteroatoms. The third kappa shape index (κ3) is 5.95. The highest BCUT2D eigenvalue weighted by Crippen LogP contribution is 2.57. The molecule has 0 saturated heterocycles. The van der Waals surface area contributed by atoms with E-state index in [9.17, 15) is 0 Å². The Morgan fingerprint density at radius 1 is 0.317 bits per heavy atom. The van der Waals surface area contributed by atoms with Gasteiger partial charge in [-0.3, -0.25) is 0 Å². The Morgan fingerprint density at radius 3 is 1.51 bits per heavy atom. The van der Waals surface area contributed by atoms with Crippen LogP contribution in [0.1, 0.15) is 22.3 Å². The molecular weight excluding hydrogens is 763 g/mol. The zero-order valence-electron chi connectivity index (χ0n) is 34.5. The lowest BCUT2D eigenvalue weighted by atomic mass is 9.67. The van der Waals surface area contributed by atoms with E-state index in [0.29, 0.717) is 0 Å². The maximum Gasteiger partial charge on any atom is 0.143 e. The Balaban J connectivity index is 1.07. The summed E-state index contributed by atoms with van der Waals surface area (Å²) >= 11 is 0. The molecule has 296 valence electrons. The van der Waals surface area contributed by atoms with Gasteiger partial charge in [-0.1, -0.05) is 212 Å². The van der Waals surface area contributed by atoms with Gasteiger partial charge < -0.3 is 9.32 Å². The highest BCUT2D eigenvalue weighted by Gasteiger charge is 2.46. The molecule has 2 nitrogen and oxygen atoms in total. The van der Waals surface area contributed by atoms with Gasteiger partial charge in [-0.15, -0.1) is 0 Å². The first-order chi connectivity index (χ1) is 31.3. The molecule has 1 aliphatic rings. The van der Waals surface area contributed by atoms with Crippen LogP contribution in [-0.4, -0.2) is 0 Å². The fraction of sp³-hybridized carbons (Fsp3) is 0.0164. The Hall–Kier alpha value is -8.20. The fourth-order valence-electron chi connectivity index (χ4n) is 10.1. The molecule has 0 amide bonds. The predicted octanol–water partition coefficient (Wildman–Crippen LogP) is 16.4. The molecule has 0 bridgehead atoms. The van der Waals surface area contributed by atoms with Gasteiger partial charge in [-0.05, 0) is 92.0 Å². The molecule has 0 fully saturated rings. The summed E-state index contributed by atoms with van der Waals surface area (Å²) < 4.78 is 6.69. The summed E-state index contributed by atoms with van der Waals surface area (Å²) in [5, 5.41) is 2.23. The molecule has 11 aromatic rings. The van der Waals surface area contributed by atoms with E-state index in [4.69, 9.17) is 4.42 Å². The third-order valence-electron chi connectivity index (χ3n) is 13.0. The van der Waals surface area contributed by atoms with E-state index in [1.807, 2.05) is 6.07 Å². The zero-order valence-corrected chi connectivity index (χ0v) is 34.5. The number of furan rings is 1. The quantitative estimate of drug-likeness (QED) is 0.152. The van der Waals surface area contributed by atoms with Crippen LogP contribution in [0, 0.1) is 0 Å². The van der Waals surface area contributed by atoms with Crippen molar-refractivity contribution in [3.8, 4) is 44.5 Å². The Kier molecular flexibility index (Phi) is 8.76. The molecule has 0 aliphatic heterocycles. The van der Waals surface area contributed by atoms with Crippen molar-refractivity contribution >= 4 is 39.0 Å². The van der Waals surface area contributed by atoms with Crippen molar-refractivity contribution in [3.63, 3.8) is 0 Å². The molecule has 0 N–H and O–H groups in total. The molecule has 1 aromatic heterocycles. The van der Waals surface area contributed by atoms with Crippen LogP contribution in [0.4, 0.5) is 17.1 Å². The van der Waals surface area contributed by atoms with Gasteiger partial charge in [0.15, 0.2) is 0 Å². The number of benzene rings is 10. The van der Waals surface area contributed by atoms with Crippen LogP contribution >= 0.6 is 0 Å². The Labute approximate surface area is 367 Å². The van der Waals surface area contributed by atoms with Crippen molar-refractivity contribution < 1.29 is 4.42 Å². The van der Waals surface area contributed by atoms with Crippen molar-refractivity contribution in [3.05, 3.63) is 271 Å². The van der Waals surface area contributed by atoms with Crippen LogP contribution in [0.5, 0.6) is 0 Å². The summed E-state index contributed by atoms with van der Waals surface area (Å²) in [4.78, 5) is 2.43. The number of anilines is 3. The molecule has 0 atom stereocenters. The highest BCUT2D eigenvalue weighted by molar-refractivity contribution is 6.11. The first-order valence-corrected chi connectivity index (χ1v) is 21.7. The van der Waals surface area contributed by atoms with Gasteiger partial charge in [-0.2, -0.15) is 0 Å². The Morgan fingerprint density at radius 2 is 0.810 bits per heavy atom. The summed E-state index contributed by atoms with van der Waals surface area (Å²) in [5.41, 5.74) is 18.9. The summed E-state index contributed by atoms with van der Waals surface area (Å²) in [6.07, 6.45) is 0. The minimum absolute atomic E-state index is 0.536. The second-order valence-electron chi connectivity index (χ2n) is 16.4. The number of nitrogens with zero attached hydrogens (tertiary/aromatic N) is 1. The van der Waals surface area contributed by atoms with Gasteiger partial charge in [0.2, 0.25) is 0 Å². The Bertz CT molecular complexity index is 3380. The van der Waals surface area contributed by atoms with Gasteiger partial charge in [-0.25, -0.2) is 0 Å². The van der Waals surface area contributed by atoms with E-state index in [1.54, 1.807) is 0 Å². The molecule has 12 rings (SSSR count). The minimum atomic E-state index is -0.536. The van der Waals surface area contributed by atoms with Crippen LogP contribution < -0.4 is 4.90 Å². The minimum Gasteiger partial charge on any atom is -0.455 e. The largest absolute Gasteiger partial charge is 0.455 e. The molecule has 1 aliphatic carbocycles. The fourth-order valence-corrected chi connectivity index (χ4v) is 10.1. The molecule has 0 saturated carbocycles. The number of hydrogen-bond acceptors (Lipinski definition) is 2. The van der Waals surface area contributed by atoms with Crippen molar-refractivity contribution in [2.45, 2.75) is 5.41 Å². The molecule has 10 aromatic carbocycles. The van der Waals surface area contributed by atoms with E-state index >= 15 is 0 Å². The van der Waals surface area contributed by atoms with Gasteiger partial charge in [0.05, 0.1) is 11.1 Å². The average Bonchev–Trinajstić information content (AvgIpc) is 3.89. The lowest BCUT2D eigenvalue weighted by Crippen LogP contribution is -2.28. The normalized spacial score (nSPS) is 12.6. The van der Waals surface area contributed by atoms with E-state index in [2.05, 4.69) is 248 Å². The standard InChI is InChI=1S/C61H41NO/c1-4-17-42(18-5-1)43-31-33-44(34-32-43)45-35-37-48(38-36-45)62(58-29-14-11-24-52(58)54-26-16-27-55-53-25-12-15-30-59(53)63-60(54)55)49-39-40-51-50-23-10-13-28-56(50)61(57(51)41-49,46-19-6-2-7-20-46)47-21-8-3-9-22-47/h1-41H. The van der Waals surface area contributed by atoms with E-state index in [1.165, 1.54) is 50.1 Å². The van der Waals surface area contributed by atoms with Crippen molar-refractivity contribution in [1.29, 1.82) is 0 Å². The summed E-state index contributed by atoms with van der Waals surface area (Å²) in [5.74, 6) is 0. The smallest absolute Gasteiger partial charge is 0.143 e. The number of para-hydroxylation sites is 3. The van der Waals surface area contributed by atoms with E-state index in [-0.39, 0.29) is 0 Å². The van der Waals surface area contributed by atoms with Gasteiger partial charge in [0.25, 0.3) is 0 Å². The summed E-state index contributed by atoms with van der Waals surface area (Å²) in [7, 11) is 0. The van der Waals surface area contributed by atoms with Crippen molar-refractivity contribution in [1.82, 2.24) is 0 Å². The van der Waals surface area contributed by atoms with Crippen LogP contribution in [0.3, 0.4) is 0 Å². The highest BCUT2D eigenvalue weighted by atomic mass is 16.3. The average molecular weight is 804 g/mol. The van der Waals surface area contributed by atoms with E-state index in [0.717, 1.165) is 55.7 Å². The third-order valence-corrected chi connectivity index (χ3v) is 13.0. The first kappa shape index (κ1) is 36.6. The van der Waals surface area contributed by atoms with E-state index < -0.39 is 5.41 Å². The van der Waals surface area contributed by atoms with Crippen LogP contribution in [-0.2, 0) is 5.41 Å². The van der Waals surface area contributed by atoms with Crippen LogP contribution in [0.2, 0.25) is 0 Å². The lowest BCUT2D eigenvalue weighted by molar-refractivity contribution is 0.670. The second-order valence-corrected chi connectivity index (χ2v) is 16.4. The maximum absolute atomic E-state index is 6.69. The molecule has 1 heterocycles. The van der Waals surface area contributed by atoms with Gasteiger partial charge in [0.1, 0.15) is 11.2 Å². The predicted molar refractivity (Wildman–Crippen MR) is 262 cm³/mol. The van der Waals surface area contributed by atoms with Gasteiger partial charge >= 0.3 is 0 Å². The van der Waals surface area contributed by atoms with Gasteiger partial charge in [0, 0.05) is 33.3 Å². The molecule has 0 unspecified atom stereocenters. The monoisotopic (exact) mass is 803 g/mol. The van der Waals surface area contributed by atoms with Crippen molar-refractivity contribution in [2.75, 3.05) is 4.90 Å². The molecule has 0 spiro atoms. The molecule has 63 heavy (non-hydrogen) atoms. The number of hydrogen-bond donors (Lipinski definition) is 0. The summed E-state index contributed by atoms with van der Waals surface area (Å²) in [6.45, 7) is 0.